The molecule has 1 aliphatic rings. The fourth-order valence-electron chi connectivity index (χ4n) is 1.57. The maximum Gasteiger partial charge on any atom is 0.271 e. The smallest absolute Gasteiger partial charge is 0.271 e. The van der Waals surface area contributed by atoms with Gasteiger partial charge in [0.1, 0.15) is 5.69 Å². The molecule has 0 spiro atoms. The molecular weight excluding hydrogens is 256 g/mol. The molecule has 3 rings (SSSR count). The molecule has 1 aromatic heterocycles. The van der Waals surface area contributed by atoms with E-state index in [9.17, 15) is 4.79 Å². The molecule has 0 unspecified atom stereocenters. The molecule has 1 aliphatic carbocycles. The summed E-state index contributed by atoms with van der Waals surface area (Å²) in [5.74, 6) is 5.92. The van der Waals surface area contributed by atoms with Crippen molar-refractivity contribution in [2.24, 2.45) is 0 Å². The van der Waals surface area contributed by atoms with Crippen molar-refractivity contribution < 1.29 is 4.79 Å². The second-order valence-corrected chi connectivity index (χ2v) is 5.26. The number of hydrogen-bond acceptors (Lipinski definition) is 3. The molecule has 0 saturated heterocycles. The summed E-state index contributed by atoms with van der Waals surface area (Å²) < 4.78 is 0. The standard InChI is InChI=1S/C15H12N2OS/c18-15(16-12-7-8-12)13-10-19-14(17-13)9-6-11-4-2-1-3-5-11/h1-5,10,12H,7-8H2,(H,16,18). The molecule has 0 bridgehead atoms. The van der Waals surface area contributed by atoms with E-state index < -0.39 is 0 Å². The molecule has 1 aromatic carbocycles. The third-order valence-electron chi connectivity index (χ3n) is 2.74. The van der Waals surface area contributed by atoms with Gasteiger partial charge in [0.25, 0.3) is 5.91 Å². The minimum atomic E-state index is -0.0912. The highest BCUT2D eigenvalue weighted by Crippen LogP contribution is 2.19. The van der Waals surface area contributed by atoms with Gasteiger partial charge >= 0.3 is 0 Å². The van der Waals surface area contributed by atoms with Crippen LogP contribution in [0.3, 0.4) is 0 Å². The quantitative estimate of drug-likeness (QED) is 0.850. The topological polar surface area (TPSA) is 42.0 Å². The number of aromatic nitrogens is 1. The first-order valence-corrected chi connectivity index (χ1v) is 7.03. The number of carbonyl (C=O) groups excluding carboxylic acids is 1. The summed E-state index contributed by atoms with van der Waals surface area (Å²) in [7, 11) is 0. The van der Waals surface area contributed by atoms with Gasteiger partial charge in [-0.15, -0.1) is 11.3 Å². The lowest BCUT2D eigenvalue weighted by Crippen LogP contribution is -2.25. The van der Waals surface area contributed by atoms with Crippen LogP contribution in [0.5, 0.6) is 0 Å². The average molecular weight is 268 g/mol. The predicted molar refractivity (Wildman–Crippen MR) is 75.0 cm³/mol. The van der Waals surface area contributed by atoms with Crippen molar-refractivity contribution in [1.29, 1.82) is 0 Å². The molecule has 1 fully saturated rings. The molecule has 2 aromatic rings. The van der Waals surface area contributed by atoms with Crippen LogP contribution in [0.15, 0.2) is 35.7 Å². The molecule has 1 heterocycles. The van der Waals surface area contributed by atoms with Crippen LogP contribution in [0, 0.1) is 11.8 Å². The zero-order chi connectivity index (χ0) is 13.1. The van der Waals surface area contributed by atoms with Gasteiger partial charge in [-0.2, -0.15) is 0 Å². The van der Waals surface area contributed by atoms with Crippen LogP contribution >= 0.6 is 11.3 Å². The summed E-state index contributed by atoms with van der Waals surface area (Å²) >= 11 is 1.40. The minimum Gasteiger partial charge on any atom is -0.348 e. The maximum atomic E-state index is 11.8. The van der Waals surface area contributed by atoms with Gasteiger partial charge < -0.3 is 5.32 Å². The number of amides is 1. The number of benzene rings is 1. The summed E-state index contributed by atoms with van der Waals surface area (Å²) in [4.78, 5) is 16.0. The number of carbonyl (C=O) groups is 1. The second kappa shape index (κ2) is 5.25. The van der Waals surface area contributed by atoms with Crippen molar-refractivity contribution in [2.45, 2.75) is 18.9 Å². The predicted octanol–water partition coefficient (Wildman–Crippen LogP) is 2.44. The Morgan fingerprint density at radius 2 is 2.05 bits per heavy atom. The molecule has 3 nitrogen and oxygen atoms in total. The SMILES string of the molecule is O=C(NC1CC1)c1csc(C#Cc2ccccc2)n1. The Bertz CT molecular complexity index is 648. The molecule has 0 atom stereocenters. The Kier molecular flexibility index (Phi) is 3.30. The van der Waals surface area contributed by atoms with Crippen LogP contribution in [-0.2, 0) is 0 Å². The third-order valence-corrected chi connectivity index (χ3v) is 3.49. The van der Waals surface area contributed by atoms with Crippen LogP contribution in [0.4, 0.5) is 0 Å². The molecule has 0 aliphatic heterocycles. The van der Waals surface area contributed by atoms with E-state index in [0.29, 0.717) is 16.7 Å². The highest BCUT2D eigenvalue weighted by molar-refractivity contribution is 7.10. The molecule has 19 heavy (non-hydrogen) atoms. The monoisotopic (exact) mass is 268 g/mol. The van der Waals surface area contributed by atoms with Crippen molar-refractivity contribution in [1.82, 2.24) is 10.3 Å². The van der Waals surface area contributed by atoms with E-state index >= 15 is 0 Å². The number of hydrogen-bond donors (Lipinski definition) is 1. The summed E-state index contributed by atoms with van der Waals surface area (Å²) in [5.41, 5.74) is 1.41. The van der Waals surface area contributed by atoms with Gasteiger partial charge in [-0.05, 0) is 30.9 Å². The van der Waals surface area contributed by atoms with Crippen molar-refractivity contribution >= 4 is 17.2 Å². The lowest BCUT2D eigenvalue weighted by atomic mass is 10.2. The molecule has 1 saturated carbocycles. The van der Waals surface area contributed by atoms with E-state index in [2.05, 4.69) is 22.1 Å². The first kappa shape index (κ1) is 11.9. The highest BCUT2D eigenvalue weighted by atomic mass is 32.1. The van der Waals surface area contributed by atoms with Gasteiger partial charge in [-0.3, -0.25) is 4.79 Å². The van der Waals surface area contributed by atoms with E-state index in [0.717, 1.165) is 18.4 Å². The van der Waals surface area contributed by atoms with Crippen LogP contribution in [0.2, 0.25) is 0 Å². The maximum absolute atomic E-state index is 11.8. The van der Waals surface area contributed by atoms with Crippen LogP contribution < -0.4 is 5.32 Å². The Morgan fingerprint density at radius 1 is 1.26 bits per heavy atom. The number of nitrogens with zero attached hydrogens (tertiary/aromatic N) is 1. The second-order valence-electron chi connectivity index (χ2n) is 4.40. The lowest BCUT2D eigenvalue weighted by molar-refractivity contribution is 0.0946. The van der Waals surface area contributed by atoms with E-state index in [1.54, 1.807) is 5.38 Å². The zero-order valence-electron chi connectivity index (χ0n) is 10.2. The normalized spacial score (nSPS) is 13.5. The number of thiazole rings is 1. The van der Waals surface area contributed by atoms with Crippen molar-refractivity contribution in [3.63, 3.8) is 0 Å². The van der Waals surface area contributed by atoms with E-state index in [1.807, 2.05) is 30.3 Å². The van der Waals surface area contributed by atoms with Gasteiger partial charge in [-0.1, -0.05) is 24.1 Å². The fourth-order valence-corrected chi connectivity index (χ4v) is 2.21. The molecule has 94 valence electrons. The molecular formula is C15H12N2OS. The minimum absolute atomic E-state index is 0.0912. The summed E-state index contributed by atoms with van der Waals surface area (Å²) in [6.07, 6.45) is 2.16. The van der Waals surface area contributed by atoms with Gasteiger partial charge in [0.15, 0.2) is 5.01 Å². The van der Waals surface area contributed by atoms with Crippen LogP contribution in [0.1, 0.15) is 33.9 Å². The molecule has 0 radical (unpaired) electrons. The van der Waals surface area contributed by atoms with Crippen molar-refractivity contribution in [3.8, 4) is 11.8 Å². The molecule has 4 heteroatoms. The Labute approximate surface area is 115 Å². The highest BCUT2D eigenvalue weighted by Gasteiger charge is 2.24. The lowest BCUT2D eigenvalue weighted by Gasteiger charge is -1.97. The Morgan fingerprint density at radius 3 is 2.79 bits per heavy atom. The molecule has 1 N–H and O–H groups in total. The first-order valence-electron chi connectivity index (χ1n) is 6.15. The van der Waals surface area contributed by atoms with Gasteiger partial charge in [-0.25, -0.2) is 4.98 Å². The van der Waals surface area contributed by atoms with Gasteiger partial charge in [0, 0.05) is 17.0 Å². The number of rotatable bonds is 2. The van der Waals surface area contributed by atoms with Crippen LogP contribution in [-0.4, -0.2) is 16.9 Å². The van der Waals surface area contributed by atoms with E-state index in [4.69, 9.17) is 0 Å². The van der Waals surface area contributed by atoms with Crippen molar-refractivity contribution in [3.05, 3.63) is 52.0 Å². The van der Waals surface area contributed by atoms with Crippen molar-refractivity contribution in [2.75, 3.05) is 0 Å². The van der Waals surface area contributed by atoms with Crippen LogP contribution in [0.25, 0.3) is 0 Å². The van der Waals surface area contributed by atoms with E-state index in [-0.39, 0.29) is 5.91 Å². The number of nitrogens with one attached hydrogen (secondary N) is 1. The van der Waals surface area contributed by atoms with Gasteiger partial charge in [0.2, 0.25) is 0 Å². The Balaban J connectivity index is 1.71. The van der Waals surface area contributed by atoms with Gasteiger partial charge in [0.05, 0.1) is 0 Å². The molecule has 1 amide bonds. The summed E-state index contributed by atoms with van der Waals surface area (Å²) in [5, 5.41) is 5.34. The summed E-state index contributed by atoms with van der Waals surface area (Å²) in [6.45, 7) is 0. The largest absolute Gasteiger partial charge is 0.348 e. The average Bonchev–Trinajstić information content (AvgIpc) is 3.12. The van der Waals surface area contributed by atoms with E-state index in [1.165, 1.54) is 11.3 Å². The fraction of sp³-hybridized carbons (Fsp3) is 0.200. The first-order chi connectivity index (χ1) is 9.31. The third kappa shape index (κ3) is 3.21. The zero-order valence-corrected chi connectivity index (χ0v) is 11.0. The Hall–Kier alpha value is -2.12. The summed E-state index contributed by atoms with van der Waals surface area (Å²) in [6, 6.07) is 10.1.